The lowest BCUT2D eigenvalue weighted by molar-refractivity contribution is -0.310. The summed E-state index contributed by atoms with van der Waals surface area (Å²) in [5.41, 5.74) is 4.57. The Hall–Kier alpha value is -6.27. The number of hydrogen-bond donors (Lipinski definition) is 0. The summed E-state index contributed by atoms with van der Waals surface area (Å²) in [7, 11) is 0. The molecular weight excluding hydrogens is 881 g/mol. The van der Waals surface area contributed by atoms with Gasteiger partial charge in [0.2, 0.25) is 12.0 Å². The molecule has 5 atom stereocenters. The lowest BCUT2D eigenvalue weighted by Crippen LogP contribution is -2.62. The van der Waals surface area contributed by atoms with Crippen LogP contribution in [0.4, 0.5) is 0 Å². The van der Waals surface area contributed by atoms with Gasteiger partial charge in [0.25, 0.3) is 0 Å². The van der Waals surface area contributed by atoms with Gasteiger partial charge in [0.1, 0.15) is 42.4 Å². The third-order valence-electron chi connectivity index (χ3n) is 12.4. The molecule has 0 spiro atoms. The highest BCUT2D eigenvalue weighted by Crippen LogP contribution is 2.38. The molecule has 0 aliphatic carbocycles. The van der Waals surface area contributed by atoms with Crippen LogP contribution in [0.1, 0.15) is 86.1 Å². The Morgan fingerprint density at radius 3 is 1.51 bits per heavy atom. The molecule has 1 aromatic heterocycles. The fourth-order valence-corrected chi connectivity index (χ4v) is 8.59. The van der Waals surface area contributed by atoms with Crippen LogP contribution >= 0.6 is 0 Å². The van der Waals surface area contributed by atoms with Crippen molar-refractivity contribution >= 4 is 11.0 Å². The van der Waals surface area contributed by atoms with Crippen molar-refractivity contribution in [2.45, 2.75) is 122 Å². The van der Waals surface area contributed by atoms with Gasteiger partial charge in [-0.1, -0.05) is 204 Å². The Bertz CT molecular complexity index is 2610. The fourth-order valence-electron chi connectivity index (χ4n) is 8.59. The molecule has 0 amide bonds. The molecule has 8 rings (SSSR count). The third kappa shape index (κ3) is 14.9. The molecule has 10 heteroatoms. The van der Waals surface area contributed by atoms with Gasteiger partial charge in [-0.05, 0) is 46.4 Å². The number of ether oxygens (including phenoxy) is 8. The predicted molar refractivity (Wildman–Crippen MR) is 272 cm³/mol. The van der Waals surface area contributed by atoms with Gasteiger partial charge in [0, 0.05) is 6.07 Å². The van der Waals surface area contributed by atoms with Gasteiger partial charge in [-0.15, -0.1) is 0 Å². The van der Waals surface area contributed by atoms with Crippen LogP contribution in [0.15, 0.2) is 179 Å². The fraction of sp³-hybridized carbons (Fsp3) is 0.350. The number of benzene rings is 6. The van der Waals surface area contributed by atoms with E-state index in [0.29, 0.717) is 36.7 Å². The first kappa shape index (κ1) is 50.1. The van der Waals surface area contributed by atoms with E-state index < -0.39 is 36.3 Å². The maximum Gasteiger partial charge on any atom is 0.383 e. The van der Waals surface area contributed by atoms with Gasteiger partial charge < -0.3 is 42.3 Å². The molecular formula is C60H66O10. The molecule has 0 N–H and O–H groups in total. The van der Waals surface area contributed by atoms with Crippen molar-refractivity contribution in [3.63, 3.8) is 0 Å². The van der Waals surface area contributed by atoms with Crippen LogP contribution in [-0.2, 0) is 56.7 Å². The average molecular weight is 947 g/mol. The molecule has 0 saturated carbocycles. The highest BCUT2D eigenvalue weighted by molar-refractivity contribution is 5.86. The first-order chi connectivity index (χ1) is 34.6. The summed E-state index contributed by atoms with van der Waals surface area (Å²) < 4.78 is 59.5. The Morgan fingerprint density at radius 1 is 0.471 bits per heavy atom. The Balaban J connectivity index is 1.10. The number of unbranched alkanes of at least 4 members (excludes halogenated alkanes) is 7. The Morgan fingerprint density at radius 2 is 0.957 bits per heavy atom. The summed E-state index contributed by atoms with van der Waals surface area (Å²) in [6, 6.07) is 55.2. The minimum Gasteiger partial charge on any atom is -0.484 e. The molecule has 10 nitrogen and oxygen atoms in total. The van der Waals surface area contributed by atoms with Gasteiger partial charge in [0.05, 0.1) is 45.0 Å². The van der Waals surface area contributed by atoms with Crippen LogP contribution in [0, 0.1) is 0 Å². The van der Waals surface area contributed by atoms with Crippen molar-refractivity contribution in [1.29, 1.82) is 0 Å². The quantitative estimate of drug-likeness (QED) is 0.0348. The molecule has 1 fully saturated rings. The van der Waals surface area contributed by atoms with Gasteiger partial charge in [-0.25, -0.2) is 4.79 Å². The lowest BCUT2D eigenvalue weighted by atomic mass is 9.97. The van der Waals surface area contributed by atoms with Crippen LogP contribution in [0.3, 0.4) is 0 Å². The Kier molecular flexibility index (Phi) is 19.5. The average Bonchev–Trinajstić information content (AvgIpc) is 3.40. The van der Waals surface area contributed by atoms with Crippen LogP contribution in [0.5, 0.6) is 17.2 Å². The predicted octanol–water partition coefficient (Wildman–Crippen LogP) is 13.0. The van der Waals surface area contributed by atoms with E-state index in [0.717, 1.165) is 47.1 Å². The molecule has 7 aromatic rings. The summed E-state index contributed by atoms with van der Waals surface area (Å²) >= 11 is 0. The second-order valence-corrected chi connectivity index (χ2v) is 17.7. The maximum atomic E-state index is 13.9. The van der Waals surface area contributed by atoms with Gasteiger partial charge in [-0.2, -0.15) is 0 Å². The zero-order valence-corrected chi connectivity index (χ0v) is 40.2. The lowest BCUT2D eigenvalue weighted by Gasteiger charge is -2.45. The number of rotatable bonds is 28. The number of fused-ring (bicyclic) bond motifs is 1. The maximum absolute atomic E-state index is 13.9. The zero-order valence-electron chi connectivity index (χ0n) is 40.2. The topological polar surface area (TPSA) is 104 Å². The minimum atomic E-state index is -1.03. The second-order valence-electron chi connectivity index (χ2n) is 17.7. The third-order valence-corrected chi connectivity index (χ3v) is 12.4. The normalized spacial score (nSPS) is 17.9. The first-order valence-corrected chi connectivity index (χ1v) is 24.9. The summed E-state index contributed by atoms with van der Waals surface area (Å²) in [5.74, 6) is 0.760. The van der Waals surface area contributed by atoms with Gasteiger partial charge >= 0.3 is 5.63 Å². The molecule has 6 aromatic carbocycles. The second kappa shape index (κ2) is 27.2. The zero-order chi connectivity index (χ0) is 48.0. The van der Waals surface area contributed by atoms with E-state index in [1.54, 1.807) is 6.07 Å². The van der Waals surface area contributed by atoms with Gasteiger partial charge in [-0.3, -0.25) is 0 Å². The van der Waals surface area contributed by atoms with Crippen molar-refractivity contribution in [2.24, 2.45) is 0 Å². The van der Waals surface area contributed by atoms with E-state index in [1.807, 2.05) is 164 Å². The van der Waals surface area contributed by atoms with E-state index in [4.69, 9.17) is 42.3 Å². The molecule has 366 valence electrons. The van der Waals surface area contributed by atoms with Crippen molar-refractivity contribution in [2.75, 3.05) is 13.2 Å². The molecule has 2 heterocycles. The smallest absolute Gasteiger partial charge is 0.383 e. The molecule has 0 unspecified atom stereocenters. The standard InChI is InChI=1S/C60H66O10/c1-2-3-4-5-6-7-8-24-37-63-57-54(64-40-46-27-16-10-17-28-46)51-36-35-50(38-52(51)69-59(57)61)68-60-58(67-43-49-33-22-13-23-34-49)56(66-42-48-31-20-12-21-32-48)55(65-41-47-29-18-11-19-30-47)53(70-60)44-62-39-45-25-14-9-15-26-45/h9-23,25-36,38,53,55-56,58,60H,2-8,24,37,39-44H2,1H3/t53-,55-,56+,58+,60+/m1/s1. The molecule has 70 heavy (non-hydrogen) atoms. The van der Waals surface area contributed by atoms with E-state index in [9.17, 15) is 4.79 Å². The summed E-state index contributed by atoms with van der Waals surface area (Å²) in [5, 5.41) is 0.570. The summed E-state index contributed by atoms with van der Waals surface area (Å²) in [4.78, 5) is 13.9. The molecule has 1 aliphatic rings. The molecule has 1 aliphatic heterocycles. The molecule has 0 radical (unpaired) electrons. The van der Waals surface area contributed by atoms with Crippen LogP contribution in [0.2, 0.25) is 0 Å². The SMILES string of the molecule is CCCCCCCCCCOc1c(OCc2ccccc2)c2ccc(O[C@H]3O[C@H](COCc4ccccc4)[C@@H](OCc4ccccc4)[C@H](OCc4ccccc4)[C@@H]3OCc3ccccc3)cc2oc1=O. The molecule has 0 bridgehead atoms. The van der Waals surface area contributed by atoms with Gasteiger partial charge in [0.15, 0.2) is 5.75 Å². The van der Waals surface area contributed by atoms with Crippen molar-refractivity contribution in [3.8, 4) is 17.2 Å². The van der Waals surface area contributed by atoms with Crippen molar-refractivity contribution in [3.05, 3.63) is 208 Å². The Labute approximate surface area is 412 Å². The van der Waals surface area contributed by atoms with E-state index >= 15 is 0 Å². The van der Waals surface area contributed by atoms with Crippen LogP contribution in [0.25, 0.3) is 11.0 Å². The van der Waals surface area contributed by atoms with Crippen LogP contribution in [-0.4, -0.2) is 43.9 Å². The highest BCUT2D eigenvalue weighted by Gasteiger charge is 2.50. The van der Waals surface area contributed by atoms with Crippen molar-refractivity contribution in [1.82, 2.24) is 0 Å². The van der Waals surface area contributed by atoms with E-state index in [1.165, 1.54) is 32.1 Å². The highest BCUT2D eigenvalue weighted by atomic mass is 16.7. The first-order valence-electron chi connectivity index (χ1n) is 24.9. The minimum absolute atomic E-state index is 0.0586. The summed E-state index contributed by atoms with van der Waals surface area (Å²) in [6.07, 6.45) is 5.34. The monoisotopic (exact) mass is 946 g/mol. The van der Waals surface area contributed by atoms with E-state index in [2.05, 4.69) is 6.92 Å². The largest absolute Gasteiger partial charge is 0.484 e. The van der Waals surface area contributed by atoms with Crippen LogP contribution < -0.4 is 19.8 Å². The van der Waals surface area contributed by atoms with Crippen molar-refractivity contribution < 1.29 is 42.3 Å². The summed E-state index contributed by atoms with van der Waals surface area (Å²) in [6.45, 7) is 4.19. The number of hydrogen-bond acceptors (Lipinski definition) is 10. The van der Waals surface area contributed by atoms with E-state index in [-0.39, 0.29) is 37.8 Å². The molecule has 1 saturated heterocycles.